The number of nitrogens with zero attached hydrogens (tertiary/aromatic N) is 5. The fourth-order valence-electron chi connectivity index (χ4n) is 2.88. The highest BCUT2D eigenvalue weighted by molar-refractivity contribution is 5.76. The molecule has 23 heavy (non-hydrogen) atoms. The van der Waals surface area contributed by atoms with E-state index in [-0.39, 0.29) is 5.91 Å². The molecule has 3 heterocycles. The summed E-state index contributed by atoms with van der Waals surface area (Å²) < 4.78 is 1.92. The third-order valence-electron chi connectivity index (χ3n) is 4.07. The first-order chi connectivity index (χ1) is 11.1. The molecule has 0 atom stereocenters. The van der Waals surface area contributed by atoms with E-state index in [1.807, 2.05) is 28.8 Å². The molecule has 0 unspecified atom stereocenters. The van der Waals surface area contributed by atoms with Gasteiger partial charge in [0.1, 0.15) is 18.2 Å². The predicted molar refractivity (Wildman–Crippen MR) is 86.4 cm³/mol. The zero-order chi connectivity index (χ0) is 16.4. The van der Waals surface area contributed by atoms with Gasteiger partial charge in [-0.05, 0) is 5.92 Å². The number of aromatic nitrogens is 4. The highest BCUT2D eigenvalue weighted by Gasteiger charge is 2.25. The summed E-state index contributed by atoms with van der Waals surface area (Å²) in [4.78, 5) is 27.7. The molecule has 0 spiro atoms. The first kappa shape index (κ1) is 15.6. The van der Waals surface area contributed by atoms with Crippen LogP contribution in [0.25, 0.3) is 0 Å². The molecule has 1 aliphatic rings. The molecule has 0 radical (unpaired) electrons. The van der Waals surface area contributed by atoms with E-state index >= 15 is 0 Å². The maximum Gasteiger partial charge on any atom is 0.243 e. The summed E-state index contributed by atoms with van der Waals surface area (Å²) in [5.74, 6) is 2.44. The lowest BCUT2D eigenvalue weighted by Gasteiger charge is -2.16. The third-order valence-corrected chi connectivity index (χ3v) is 4.07. The van der Waals surface area contributed by atoms with Crippen molar-refractivity contribution in [2.45, 2.75) is 53.2 Å². The summed E-state index contributed by atoms with van der Waals surface area (Å²) in [5.41, 5.74) is 2.05. The van der Waals surface area contributed by atoms with Crippen LogP contribution >= 0.6 is 0 Å². The highest BCUT2D eigenvalue weighted by atomic mass is 16.2. The summed E-state index contributed by atoms with van der Waals surface area (Å²) in [6.07, 6.45) is 7.18. The largest absolute Gasteiger partial charge is 0.331 e. The van der Waals surface area contributed by atoms with Crippen molar-refractivity contribution in [3.63, 3.8) is 0 Å². The maximum atomic E-state index is 12.5. The second-order valence-corrected chi connectivity index (χ2v) is 6.43. The van der Waals surface area contributed by atoms with Gasteiger partial charge in [-0.15, -0.1) is 0 Å². The predicted octanol–water partition coefficient (Wildman–Crippen LogP) is 1.98. The van der Waals surface area contributed by atoms with Gasteiger partial charge >= 0.3 is 0 Å². The van der Waals surface area contributed by atoms with Crippen molar-refractivity contribution in [2.24, 2.45) is 5.92 Å². The SMILES string of the molecule is CCc1nccn1CC(=O)N1Cc2cnc(CC(C)C)nc2C1. The number of amides is 1. The van der Waals surface area contributed by atoms with Crippen LogP contribution in [0.15, 0.2) is 18.6 Å². The van der Waals surface area contributed by atoms with Gasteiger partial charge in [-0.25, -0.2) is 15.0 Å². The number of imidazole rings is 1. The quantitative estimate of drug-likeness (QED) is 0.846. The number of rotatable bonds is 5. The molecule has 0 saturated heterocycles. The topological polar surface area (TPSA) is 63.9 Å². The molecule has 0 fully saturated rings. The van der Waals surface area contributed by atoms with Crippen LogP contribution < -0.4 is 0 Å². The molecule has 6 heteroatoms. The summed E-state index contributed by atoms with van der Waals surface area (Å²) in [6, 6.07) is 0. The van der Waals surface area contributed by atoms with Crippen LogP contribution in [-0.4, -0.2) is 30.3 Å². The van der Waals surface area contributed by atoms with Crippen molar-refractivity contribution in [2.75, 3.05) is 0 Å². The summed E-state index contributed by atoms with van der Waals surface area (Å²) in [7, 11) is 0. The summed E-state index contributed by atoms with van der Waals surface area (Å²) in [5, 5.41) is 0. The molecule has 1 aliphatic heterocycles. The fourth-order valence-corrected chi connectivity index (χ4v) is 2.88. The first-order valence-electron chi connectivity index (χ1n) is 8.18. The lowest BCUT2D eigenvalue weighted by Crippen LogP contribution is -2.29. The third kappa shape index (κ3) is 3.41. The normalized spacial score (nSPS) is 13.7. The van der Waals surface area contributed by atoms with Gasteiger partial charge in [0.25, 0.3) is 0 Å². The van der Waals surface area contributed by atoms with Gasteiger partial charge in [0, 0.05) is 43.5 Å². The Hall–Kier alpha value is -2.24. The second-order valence-electron chi connectivity index (χ2n) is 6.43. The first-order valence-corrected chi connectivity index (χ1v) is 8.18. The van der Waals surface area contributed by atoms with Gasteiger partial charge in [0.2, 0.25) is 5.91 Å². The molecule has 0 bridgehead atoms. The van der Waals surface area contributed by atoms with E-state index in [2.05, 4.69) is 28.8 Å². The van der Waals surface area contributed by atoms with E-state index in [0.717, 1.165) is 35.7 Å². The van der Waals surface area contributed by atoms with E-state index in [0.29, 0.717) is 25.6 Å². The Morgan fingerprint density at radius 1 is 1.30 bits per heavy atom. The Morgan fingerprint density at radius 3 is 2.87 bits per heavy atom. The summed E-state index contributed by atoms with van der Waals surface area (Å²) in [6.45, 7) is 7.88. The van der Waals surface area contributed by atoms with E-state index in [4.69, 9.17) is 0 Å². The molecule has 3 rings (SSSR count). The molecule has 0 saturated carbocycles. The van der Waals surface area contributed by atoms with Gasteiger partial charge in [-0.2, -0.15) is 0 Å². The van der Waals surface area contributed by atoms with Crippen LogP contribution in [0.1, 0.15) is 43.7 Å². The van der Waals surface area contributed by atoms with Crippen LogP contribution in [0.3, 0.4) is 0 Å². The van der Waals surface area contributed by atoms with Gasteiger partial charge in [-0.3, -0.25) is 4.79 Å². The second kappa shape index (κ2) is 6.48. The van der Waals surface area contributed by atoms with Crippen molar-refractivity contribution in [3.05, 3.63) is 41.5 Å². The molecule has 6 nitrogen and oxygen atoms in total. The highest BCUT2D eigenvalue weighted by Crippen LogP contribution is 2.21. The minimum absolute atomic E-state index is 0.0982. The van der Waals surface area contributed by atoms with Crippen molar-refractivity contribution in [1.82, 2.24) is 24.4 Å². The Balaban J connectivity index is 1.68. The Labute approximate surface area is 136 Å². The van der Waals surface area contributed by atoms with Crippen LogP contribution in [0, 0.1) is 5.92 Å². The van der Waals surface area contributed by atoms with E-state index in [9.17, 15) is 4.79 Å². The molecular formula is C17H23N5O. The molecule has 2 aromatic heterocycles. The molecule has 0 aromatic carbocycles. The van der Waals surface area contributed by atoms with Crippen molar-refractivity contribution < 1.29 is 4.79 Å². The van der Waals surface area contributed by atoms with Crippen LogP contribution in [-0.2, 0) is 37.3 Å². The zero-order valence-electron chi connectivity index (χ0n) is 14.0. The molecule has 122 valence electrons. The van der Waals surface area contributed by atoms with Crippen molar-refractivity contribution >= 4 is 5.91 Å². The maximum absolute atomic E-state index is 12.5. The number of carbonyl (C=O) groups excluding carboxylic acids is 1. The number of carbonyl (C=O) groups is 1. The van der Waals surface area contributed by atoms with Crippen LogP contribution in [0.5, 0.6) is 0 Å². The lowest BCUT2D eigenvalue weighted by atomic mass is 10.1. The molecule has 2 aromatic rings. The van der Waals surface area contributed by atoms with Gasteiger partial charge < -0.3 is 9.47 Å². The van der Waals surface area contributed by atoms with Crippen molar-refractivity contribution in [1.29, 1.82) is 0 Å². The number of fused-ring (bicyclic) bond motifs is 1. The van der Waals surface area contributed by atoms with Gasteiger partial charge in [0.15, 0.2) is 0 Å². The molecule has 1 amide bonds. The molecule has 0 aliphatic carbocycles. The van der Waals surface area contributed by atoms with Crippen LogP contribution in [0.4, 0.5) is 0 Å². The number of hydrogen-bond donors (Lipinski definition) is 0. The van der Waals surface area contributed by atoms with E-state index in [1.54, 1.807) is 6.20 Å². The molecular weight excluding hydrogens is 290 g/mol. The summed E-state index contributed by atoms with van der Waals surface area (Å²) >= 11 is 0. The van der Waals surface area contributed by atoms with Gasteiger partial charge in [0.05, 0.1) is 12.2 Å². The lowest BCUT2D eigenvalue weighted by molar-refractivity contribution is -0.132. The number of aryl methyl sites for hydroxylation is 1. The number of hydrogen-bond acceptors (Lipinski definition) is 4. The monoisotopic (exact) mass is 313 g/mol. The minimum atomic E-state index is 0.0982. The smallest absolute Gasteiger partial charge is 0.243 e. The Kier molecular flexibility index (Phi) is 4.41. The van der Waals surface area contributed by atoms with Gasteiger partial charge in [-0.1, -0.05) is 20.8 Å². The minimum Gasteiger partial charge on any atom is -0.331 e. The van der Waals surface area contributed by atoms with Crippen LogP contribution in [0.2, 0.25) is 0 Å². The zero-order valence-corrected chi connectivity index (χ0v) is 14.0. The standard InChI is InChI=1S/C17H23N5O/c1-4-16-18-5-6-21(16)11-17(23)22-9-13-8-19-15(7-12(2)3)20-14(13)10-22/h5-6,8,12H,4,7,9-11H2,1-3H3. The van der Waals surface area contributed by atoms with E-state index < -0.39 is 0 Å². The Bertz CT molecular complexity index is 707. The average Bonchev–Trinajstić information content (AvgIpc) is 3.12. The van der Waals surface area contributed by atoms with Crippen molar-refractivity contribution in [3.8, 4) is 0 Å². The van der Waals surface area contributed by atoms with E-state index in [1.165, 1.54) is 0 Å². The Morgan fingerprint density at radius 2 is 2.13 bits per heavy atom. The molecule has 0 N–H and O–H groups in total. The fraction of sp³-hybridized carbons (Fsp3) is 0.529. The average molecular weight is 313 g/mol.